The fraction of sp³-hybridized carbons (Fsp3) is 0.238. The van der Waals surface area contributed by atoms with Crippen LogP contribution >= 0.6 is 11.6 Å². The summed E-state index contributed by atoms with van der Waals surface area (Å²) in [6.07, 6.45) is 3.64. The van der Waals surface area contributed by atoms with Crippen LogP contribution in [0.5, 0.6) is 11.5 Å². The minimum Gasteiger partial charge on any atom is -0.493 e. The number of aryl methyl sites for hydroxylation is 1. The third kappa shape index (κ3) is 5.37. The van der Waals surface area contributed by atoms with E-state index in [1.165, 1.54) is 36.1 Å². The van der Waals surface area contributed by atoms with Crippen LogP contribution in [0.25, 0.3) is 11.8 Å². The van der Waals surface area contributed by atoms with E-state index in [0.29, 0.717) is 40.2 Å². The van der Waals surface area contributed by atoms with Gasteiger partial charge in [-0.3, -0.25) is 4.79 Å². The van der Waals surface area contributed by atoms with Crippen LogP contribution in [0.15, 0.2) is 36.4 Å². The highest BCUT2D eigenvalue weighted by Gasteiger charge is 2.12. The Morgan fingerprint density at radius 3 is 2.81 bits per heavy atom. The third-order valence-corrected chi connectivity index (χ3v) is 4.49. The summed E-state index contributed by atoms with van der Waals surface area (Å²) in [4.78, 5) is 12.3. The van der Waals surface area contributed by atoms with Gasteiger partial charge in [0.05, 0.1) is 30.1 Å². The van der Waals surface area contributed by atoms with Crippen LogP contribution in [0.3, 0.4) is 0 Å². The van der Waals surface area contributed by atoms with Crippen molar-refractivity contribution in [3.05, 3.63) is 58.6 Å². The summed E-state index contributed by atoms with van der Waals surface area (Å²) in [5, 5.41) is 14.1. The van der Waals surface area contributed by atoms with Crippen molar-refractivity contribution in [3.63, 3.8) is 0 Å². The molecule has 0 bridgehead atoms. The van der Waals surface area contributed by atoms with E-state index in [0.717, 1.165) is 6.42 Å². The van der Waals surface area contributed by atoms with E-state index in [9.17, 15) is 9.18 Å². The molecule has 0 fully saturated rings. The molecule has 3 rings (SSSR count). The van der Waals surface area contributed by atoms with E-state index in [1.807, 2.05) is 6.92 Å². The summed E-state index contributed by atoms with van der Waals surface area (Å²) in [7, 11) is 1.51. The quantitative estimate of drug-likeness (QED) is 0.522. The lowest BCUT2D eigenvalue weighted by Gasteiger charge is -2.12. The first-order valence-electron chi connectivity index (χ1n) is 9.47. The number of methoxy groups -OCH3 is 1. The molecule has 162 valence electrons. The summed E-state index contributed by atoms with van der Waals surface area (Å²) in [6.45, 7) is 4.20. The highest BCUT2D eigenvalue weighted by atomic mass is 35.5. The molecule has 3 aromatic rings. The first kappa shape index (κ1) is 22.2. The van der Waals surface area contributed by atoms with Crippen molar-refractivity contribution in [1.82, 2.24) is 20.2 Å². The predicted octanol–water partition coefficient (Wildman–Crippen LogP) is 4.21. The number of ether oxygens (including phenoxy) is 2. The molecule has 1 N–H and O–H groups in total. The second-order valence-corrected chi connectivity index (χ2v) is 6.91. The Kier molecular flexibility index (Phi) is 7.19. The van der Waals surface area contributed by atoms with Gasteiger partial charge in [-0.15, -0.1) is 5.10 Å². The van der Waals surface area contributed by atoms with Crippen LogP contribution < -0.4 is 14.8 Å². The highest BCUT2D eigenvalue weighted by Crippen LogP contribution is 2.36. The number of tetrazole rings is 1. The largest absolute Gasteiger partial charge is 0.493 e. The molecule has 0 spiro atoms. The molecule has 0 saturated heterocycles. The van der Waals surface area contributed by atoms with Gasteiger partial charge >= 0.3 is 0 Å². The lowest BCUT2D eigenvalue weighted by molar-refractivity contribution is -0.111. The Bertz CT molecular complexity index is 1120. The second-order valence-electron chi connectivity index (χ2n) is 6.51. The zero-order chi connectivity index (χ0) is 22.4. The van der Waals surface area contributed by atoms with Gasteiger partial charge in [0.25, 0.3) is 0 Å². The number of benzene rings is 2. The normalized spacial score (nSPS) is 11.0. The Hall–Kier alpha value is -3.46. The SMILES string of the molecule is CCCOc1c(Cl)cc(/C=C/C(=O)Nc2cc(-n3nnnc3C)ccc2F)cc1OC. The number of rotatable bonds is 8. The minimum absolute atomic E-state index is 0.000904. The molecule has 0 aliphatic carbocycles. The molecule has 0 radical (unpaired) electrons. The van der Waals surface area contributed by atoms with Gasteiger partial charge in [-0.05, 0) is 65.7 Å². The molecule has 0 aliphatic heterocycles. The van der Waals surface area contributed by atoms with Crippen LogP contribution in [0.1, 0.15) is 24.7 Å². The Morgan fingerprint density at radius 2 is 2.13 bits per heavy atom. The predicted molar refractivity (Wildman–Crippen MR) is 115 cm³/mol. The van der Waals surface area contributed by atoms with Gasteiger partial charge in [0.15, 0.2) is 17.3 Å². The number of nitrogens with zero attached hydrogens (tertiary/aromatic N) is 4. The van der Waals surface area contributed by atoms with E-state index in [1.54, 1.807) is 25.1 Å². The Morgan fingerprint density at radius 1 is 1.32 bits per heavy atom. The molecule has 0 aliphatic rings. The van der Waals surface area contributed by atoms with Crippen molar-refractivity contribution in [2.45, 2.75) is 20.3 Å². The van der Waals surface area contributed by atoms with Crippen LogP contribution in [0.2, 0.25) is 5.02 Å². The van der Waals surface area contributed by atoms with Crippen molar-refractivity contribution >= 4 is 29.3 Å². The van der Waals surface area contributed by atoms with Gasteiger partial charge in [-0.1, -0.05) is 18.5 Å². The zero-order valence-corrected chi connectivity index (χ0v) is 18.0. The fourth-order valence-electron chi connectivity index (χ4n) is 2.74. The van der Waals surface area contributed by atoms with Gasteiger partial charge < -0.3 is 14.8 Å². The van der Waals surface area contributed by atoms with Gasteiger partial charge in [0.1, 0.15) is 5.82 Å². The summed E-state index contributed by atoms with van der Waals surface area (Å²) in [6, 6.07) is 7.54. The van der Waals surface area contributed by atoms with E-state index >= 15 is 0 Å². The second kappa shape index (κ2) is 10.0. The van der Waals surface area contributed by atoms with E-state index < -0.39 is 11.7 Å². The monoisotopic (exact) mass is 445 g/mol. The number of halogens is 2. The molecule has 1 aromatic heterocycles. The first-order valence-corrected chi connectivity index (χ1v) is 9.85. The Labute approximate surface area is 183 Å². The van der Waals surface area contributed by atoms with Gasteiger partial charge in [-0.2, -0.15) is 4.68 Å². The van der Waals surface area contributed by atoms with Crippen LogP contribution in [-0.4, -0.2) is 39.8 Å². The average molecular weight is 446 g/mol. The number of carbonyl (C=O) groups excluding carboxylic acids is 1. The van der Waals surface area contributed by atoms with Crippen LogP contribution in [0.4, 0.5) is 10.1 Å². The van der Waals surface area contributed by atoms with E-state index in [-0.39, 0.29) is 5.69 Å². The molecule has 10 heteroatoms. The van der Waals surface area contributed by atoms with Crippen molar-refractivity contribution < 1.29 is 18.7 Å². The molecule has 0 atom stereocenters. The summed E-state index contributed by atoms with van der Waals surface area (Å²) in [5.41, 5.74) is 1.14. The lowest BCUT2D eigenvalue weighted by atomic mass is 10.2. The van der Waals surface area contributed by atoms with E-state index in [2.05, 4.69) is 20.8 Å². The number of hydrogen-bond donors (Lipinski definition) is 1. The molecule has 1 heterocycles. The summed E-state index contributed by atoms with van der Waals surface area (Å²) >= 11 is 6.29. The smallest absolute Gasteiger partial charge is 0.248 e. The number of anilines is 1. The molecule has 31 heavy (non-hydrogen) atoms. The third-order valence-electron chi connectivity index (χ3n) is 4.21. The molecule has 0 saturated carbocycles. The van der Waals surface area contributed by atoms with Crippen LogP contribution in [0, 0.1) is 12.7 Å². The first-order chi connectivity index (χ1) is 14.9. The van der Waals surface area contributed by atoms with E-state index in [4.69, 9.17) is 21.1 Å². The molecule has 1 amide bonds. The van der Waals surface area contributed by atoms with Crippen molar-refractivity contribution in [3.8, 4) is 17.2 Å². The molecule has 0 unspecified atom stereocenters. The summed E-state index contributed by atoms with van der Waals surface area (Å²) < 4.78 is 26.6. The number of nitrogens with one attached hydrogen (secondary N) is 1. The standard InChI is InChI=1S/C21H21ClFN5O3/c1-4-9-31-21-16(22)10-14(11-19(21)30-3)5-8-20(29)24-18-12-15(6-7-17(18)23)28-13(2)25-26-27-28/h5-8,10-12H,4,9H2,1-3H3,(H,24,29)/b8-5+. The molecular formula is C21H21ClFN5O3. The van der Waals surface area contributed by atoms with Crippen molar-refractivity contribution in [2.24, 2.45) is 0 Å². The lowest BCUT2D eigenvalue weighted by Crippen LogP contribution is -2.10. The number of hydrogen-bond acceptors (Lipinski definition) is 6. The van der Waals surface area contributed by atoms with Gasteiger partial charge in [0.2, 0.25) is 5.91 Å². The topological polar surface area (TPSA) is 91.2 Å². The maximum Gasteiger partial charge on any atom is 0.248 e. The van der Waals surface area contributed by atoms with Crippen molar-refractivity contribution in [1.29, 1.82) is 0 Å². The summed E-state index contributed by atoms with van der Waals surface area (Å²) in [5.74, 6) is 0.325. The highest BCUT2D eigenvalue weighted by molar-refractivity contribution is 6.32. The fourth-order valence-corrected chi connectivity index (χ4v) is 3.01. The molecular weight excluding hydrogens is 425 g/mol. The number of aromatic nitrogens is 4. The minimum atomic E-state index is -0.585. The number of amides is 1. The Balaban J connectivity index is 1.77. The maximum absolute atomic E-state index is 14.2. The van der Waals surface area contributed by atoms with Crippen molar-refractivity contribution in [2.75, 3.05) is 19.0 Å². The maximum atomic E-state index is 14.2. The zero-order valence-electron chi connectivity index (χ0n) is 17.2. The van der Waals surface area contributed by atoms with Gasteiger partial charge in [-0.25, -0.2) is 4.39 Å². The molecule has 2 aromatic carbocycles. The molecule has 8 nitrogen and oxygen atoms in total. The van der Waals surface area contributed by atoms with Gasteiger partial charge in [0, 0.05) is 6.08 Å². The number of carbonyl (C=O) groups is 1. The van der Waals surface area contributed by atoms with Crippen LogP contribution in [-0.2, 0) is 4.79 Å². The average Bonchev–Trinajstić information content (AvgIpc) is 3.18.